The van der Waals surface area contributed by atoms with Crippen LogP contribution in [0.1, 0.15) is 16.8 Å². The maximum Gasteiger partial charge on any atom is 0.251 e. The summed E-state index contributed by atoms with van der Waals surface area (Å²) in [7, 11) is 1.85. The van der Waals surface area contributed by atoms with Gasteiger partial charge in [0.25, 0.3) is 5.91 Å². The predicted molar refractivity (Wildman–Crippen MR) is 65.0 cm³/mol. The van der Waals surface area contributed by atoms with E-state index in [0.717, 1.165) is 13.0 Å². The first-order valence-corrected chi connectivity index (χ1v) is 5.81. The molecule has 16 heavy (non-hydrogen) atoms. The summed E-state index contributed by atoms with van der Waals surface area (Å²) in [5, 5.41) is 5.70. The summed E-state index contributed by atoms with van der Waals surface area (Å²) < 4.78 is 13.6. The standard InChI is InChI=1S/C11H14BrFN2O/c1-14-3-2-4-15-11(16)8-5-9(12)7-10(13)6-8/h5-7,14H,2-4H2,1H3,(H,15,16). The van der Waals surface area contributed by atoms with Crippen molar-refractivity contribution in [2.45, 2.75) is 6.42 Å². The van der Waals surface area contributed by atoms with Crippen LogP contribution in [0.4, 0.5) is 4.39 Å². The molecule has 88 valence electrons. The maximum absolute atomic E-state index is 13.0. The van der Waals surface area contributed by atoms with Crippen LogP contribution in [0.15, 0.2) is 22.7 Å². The van der Waals surface area contributed by atoms with Gasteiger partial charge in [-0.3, -0.25) is 4.79 Å². The van der Waals surface area contributed by atoms with E-state index in [-0.39, 0.29) is 5.91 Å². The van der Waals surface area contributed by atoms with Gasteiger partial charge in [0.1, 0.15) is 5.82 Å². The Labute approximate surface area is 103 Å². The highest BCUT2D eigenvalue weighted by Crippen LogP contribution is 2.14. The normalized spacial score (nSPS) is 10.2. The van der Waals surface area contributed by atoms with Crippen LogP contribution < -0.4 is 10.6 Å². The Hall–Kier alpha value is -0.940. The van der Waals surface area contributed by atoms with E-state index in [9.17, 15) is 9.18 Å². The summed E-state index contributed by atoms with van der Waals surface area (Å²) in [6.07, 6.45) is 0.846. The summed E-state index contributed by atoms with van der Waals surface area (Å²) in [6, 6.07) is 4.13. The second-order valence-electron chi connectivity index (χ2n) is 3.37. The average molecular weight is 289 g/mol. The number of nitrogens with one attached hydrogen (secondary N) is 2. The van der Waals surface area contributed by atoms with Crippen LogP contribution in [0, 0.1) is 5.82 Å². The van der Waals surface area contributed by atoms with E-state index in [1.807, 2.05) is 7.05 Å². The minimum Gasteiger partial charge on any atom is -0.352 e. The molecule has 1 aromatic carbocycles. The number of benzene rings is 1. The molecule has 5 heteroatoms. The molecule has 0 unspecified atom stereocenters. The fourth-order valence-corrected chi connectivity index (χ4v) is 1.72. The highest BCUT2D eigenvalue weighted by Gasteiger charge is 2.07. The zero-order valence-electron chi connectivity index (χ0n) is 9.02. The Morgan fingerprint density at radius 3 is 2.75 bits per heavy atom. The number of carbonyl (C=O) groups is 1. The van der Waals surface area contributed by atoms with Crippen molar-refractivity contribution in [1.29, 1.82) is 0 Å². The van der Waals surface area contributed by atoms with Gasteiger partial charge in [-0.05, 0) is 38.2 Å². The maximum atomic E-state index is 13.0. The van der Waals surface area contributed by atoms with E-state index in [1.54, 1.807) is 6.07 Å². The van der Waals surface area contributed by atoms with Crippen molar-refractivity contribution in [3.8, 4) is 0 Å². The predicted octanol–water partition coefficient (Wildman–Crippen LogP) is 1.93. The van der Waals surface area contributed by atoms with Crippen molar-refractivity contribution in [2.75, 3.05) is 20.1 Å². The van der Waals surface area contributed by atoms with E-state index in [2.05, 4.69) is 26.6 Å². The second kappa shape index (κ2) is 6.60. The number of hydrogen-bond acceptors (Lipinski definition) is 2. The lowest BCUT2D eigenvalue weighted by Crippen LogP contribution is -2.26. The Morgan fingerprint density at radius 1 is 1.38 bits per heavy atom. The summed E-state index contributed by atoms with van der Waals surface area (Å²) in [4.78, 5) is 11.6. The van der Waals surface area contributed by atoms with E-state index in [4.69, 9.17) is 0 Å². The van der Waals surface area contributed by atoms with E-state index < -0.39 is 5.82 Å². The van der Waals surface area contributed by atoms with Crippen LogP contribution in [0.25, 0.3) is 0 Å². The van der Waals surface area contributed by atoms with Crippen LogP contribution in [-0.2, 0) is 0 Å². The molecule has 0 saturated carbocycles. The van der Waals surface area contributed by atoms with Crippen LogP contribution in [0.3, 0.4) is 0 Å². The topological polar surface area (TPSA) is 41.1 Å². The first-order valence-electron chi connectivity index (χ1n) is 5.02. The van der Waals surface area contributed by atoms with Crippen molar-refractivity contribution in [2.24, 2.45) is 0 Å². The molecule has 1 aromatic rings. The summed E-state index contributed by atoms with van der Waals surface area (Å²) in [5.41, 5.74) is 0.330. The molecule has 0 saturated heterocycles. The molecule has 0 aliphatic carbocycles. The number of rotatable bonds is 5. The molecular formula is C11H14BrFN2O. The van der Waals surface area contributed by atoms with Crippen LogP contribution in [0.5, 0.6) is 0 Å². The van der Waals surface area contributed by atoms with Crippen LogP contribution >= 0.6 is 15.9 Å². The van der Waals surface area contributed by atoms with Gasteiger partial charge in [-0.15, -0.1) is 0 Å². The molecule has 0 bridgehead atoms. The third kappa shape index (κ3) is 4.28. The van der Waals surface area contributed by atoms with Crippen molar-refractivity contribution in [3.63, 3.8) is 0 Å². The summed E-state index contributed by atoms with van der Waals surface area (Å²) in [5.74, 6) is -0.675. The molecule has 0 aromatic heterocycles. The SMILES string of the molecule is CNCCCNC(=O)c1cc(F)cc(Br)c1. The lowest BCUT2D eigenvalue weighted by atomic mass is 10.2. The summed E-state index contributed by atoms with van der Waals surface area (Å²) >= 11 is 3.14. The van der Waals surface area contributed by atoms with Crippen molar-refractivity contribution in [3.05, 3.63) is 34.1 Å². The number of carbonyl (C=O) groups excluding carboxylic acids is 1. The first kappa shape index (κ1) is 13.1. The molecule has 0 heterocycles. The molecule has 0 aliphatic rings. The summed E-state index contributed by atoms with van der Waals surface area (Å²) in [6.45, 7) is 1.42. The largest absolute Gasteiger partial charge is 0.352 e. The highest BCUT2D eigenvalue weighted by molar-refractivity contribution is 9.10. The fraction of sp³-hybridized carbons (Fsp3) is 0.364. The van der Waals surface area contributed by atoms with Gasteiger partial charge < -0.3 is 10.6 Å². The van der Waals surface area contributed by atoms with E-state index in [1.165, 1.54) is 12.1 Å². The smallest absolute Gasteiger partial charge is 0.251 e. The van der Waals surface area contributed by atoms with Gasteiger partial charge in [0.2, 0.25) is 0 Å². The van der Waals surface area contributed by atoms with Gasteiger partial charge in [0.05, 0.1) is 0 Å². The zero-order chi connectivity index (χ0) is 12.0. The molecule has 0 aliphatic heterocycles. The van der Waals surface area contributed by atoms with Crippen molar-refractivity contribution >= 4 is 21.8 Å². The van der Waals surface area contributed by atoms with E-state index >= 15 is 0 Å². The third-order valence-corrected chi connectivity index (χ3v) is 2.47. The van der Waals surface area contributed by atoms with Crippen LogP contribution in [0.2, 0.25) is 0 Å². The lowest BCUT2D eigenvalue weighted by molar-refractivity contribution is 0.0953. The monoisotopic (exact) mass is 288 g/mol. The molecule has 0 spiro atoms. The minimum atomic E-state index is -0.422. The van der Waals surface area contributed by atoms with E-state index in [0.29, 0.717) is 16.6 Å². The molecule has 0 fully saturated rings. The Balaban J connectivity index is 2.52. The van der Waals surface area contributed by atoms with Gasteiger partial charge in [-0.2, -0.15) is 0 Å². The second-order valence-corrected chi connectivity index (χ2v) is 4.29. The number of amides is 1. The lowest BCUT2D eigenvalue weighted by Gasteiger charge is -2.05. The molecule has 2 N–H and O–H groups in total. The minimum absolute atomic E-state index is 0.253. The van der Waals surface area contributed by atoms with Crippen molar-refractivity contribution in [1.82, 2.24) is 10.6 Å². The fourth-order valence-electron chi connectivity index (χ4n) is 1.25. The number of halogens is 2. The van der Waals surface area contributed by atoms with Crippen molar-refractivity contribution < 1.29 is 9.18 Å². The highest BCUT2D eigenvalue weighted by atomic mass is 79.9. The molecule has 1 amide bonds. The Morgan fingerprint density at radius 2 is 2.12 bits per heavy atom. The van der Waals surface area contributed by atoms with Gasteiger partial charge >= 0.3 is 0 Å². The first-order chi connectivity index (χ1) is 7.63. The number of hydrogen-bond donors (Lipinski definition) is 2. The molecular weight excluding hydrogens is 275 g/mol. The van der Waals surface area contributed by atoms with Gasteiger partial charge in [0.15, 0.2) is 0 Å². The Kier molecular flexibility index (Phi) is 5.42. The third-order valence-electron chi connectivity index (χ3n) is 2.01. The quantitative estimate of drug-likeness (QED) is 0.813. The van der Waals surface area contributed by atoms with Gasteiger partial charge in [0, 0.05) is 16.6 Å². The van der Waals surface area contributed by atoms with Crippen LogP contribution in [-0.4, -0.2) is 26.0 Å². The molecule has 0 atom stereocenters. The zero-order valence-corrected chi connectivity index (χ0v) is 10.6. The molecule has 0 radical (unpaired) electrons. The van der Waals surface area contributed by atoms with Gasteiger partial charge in [-0.25, -0.2) is 4.39 Å². The molecule has 1 rings (SSSR count). The molecule has 3 nitrogen and oxygen atoms in total. The van der Waals surface area contributed by atoms with Gasteiger partial charge in [-0.1, -0.05) is 15.9 Å². The Bertz CT molecular complexity index is 351. The average Bonchev–Trinajstić information content (AvgIpc) is 2.22.